The van der Waals surface area contributed by atoms with Gasteiger partial charge < -0.3 is 25.2 Å². The Balaban J connectivity index is 1.18. The predicted octanol–water partition coefficient (Wildman–Crippen LogP) is 1.78. The maximum atomic E-state index is 13.6. The molecule has 48 heavy (non-hydrogen) atoms. The lowest BCUT2D eigenvalue weighted by molar-refractivity contribution is -0.137. The maximum Gasteiger partial charge on any atom is 0.251 e. The Kier molecular flexibility index (Phi) is 10.5. The molecule has 0 saturated carbocycles. The molecule has 3 amide bonds. The van der Waals surface area contributed by atoms with Crippen LogP contribution in [0.25, 0.3) is 11.4 Å². The third-order valence-electron chi connectivity index (χ3n) is 8.31. The number of hydrogen-bond acceptors (Lipinski definition) is 10. The fraction of sp³-hybridized carbons (Fsp3) is 0.382. The number of amides is 3. The van der Waals surface area contributed by atoms with Crippen LogP contribution in [0.15, 0.2) is 73.1 Å². The number of hydrogen-bond donors (Lipinski definition) is 2. The number of nitrogens with one attached hydrogen (secondary N) is 2. The summed E-state index contributed by atoms with van der Waals surface area (Å²) in [5, 5.41) is 10.7. The highest BCUT2D eigenvalue weighted by atomic mass is 16.5. The van der Waals surface area contributed by atoms with Crippen LogP contribution in [0.1, 0.15) is 35.6 Å². The van der Waals surface area contributed by atoms with Gasteiger partial charge in [-0.15, -0.1) is 0 Å². The highest BCUT2D eigenvalue weighted by molar-refractivity contribution is 5.94. The van der Waals surface area contributed by atoms with E-state index in [0.717, 1.165) is 5.56 Å². The van der Waals surface area contributed by atoms with Crippen molar-refractivity contribution in [2.24, 2.45) is 0 Å². The molecule has 250 valence electrons. The number of aromatic nitrogens is 5. The number of fused-ring (bicyclic) bond motifs is 3. The zero-order valence-electron chi connectivity index (χ0n) is 27.0. The summed E-state index contributed by atoms with van der Waals surface area (Å²) in [4.78, 5) is 59.2. The van der Waals surface area contributed by atoms with Gasteiger partial charge in [0.05, 0.1) is 25.7 Å². The average molecular weight is 653 g/mol. The van der Waals surface area contributed by atoms with Crippen LogP contribution in [0.2, 0.25) is 0 Å². The number of carbonyl (C=O) groups is 3. The van der Waals surface area contributed by atoms with Gasteiger partial charge in [0.25, 0.3) is 5.91 Å². The Labute approximate surface area is 279 Å². The van der Waals surface area contributed by atoms with Crippen molar-refractivity contribution >= 4 is 23.7 Å². The van der Waals surface area contributed by atoms with Gasteiger partial charge in [0, 0.05) is 62.8 Å². The molecule has 14 heteroatoms. The van der Waals surface area contributed by atoms with Crippen LogP contribution < -0.4 is 20.3 Å². The number of carbonyl (C=O) groups excluding carboxylic acids is 3. The molecule has 2 aliphatic rings. The van der Waals surface area contributed by atoms with Crippen LogP contribution >= 0.6 is 0 Å². The quantitative estimate of drug-likeness (QED) is 0.334. The first-order valence-corrected chi connectivity index (χ1v) is 16.3. The van der Waals surface area contributed by atoms with E-state index in [1.165, 1.54) is 0 Å². The molecule has 6 rings (SSSR count). The lowest BCUT2D eigenvalue weighted by Gasteiger charge is -2.35. The fourth-order valence-electron chi connectivity index (χ4n) is 5.77. The van der Waals surface area contributed by atoms with E-state index in [1.807, 2.05) is 37.3 Å². The minimum absolute atomic E-state index is 0.125. The Hall–Kier alpha value is -5.37. The van der Waals surface area contributed by atoms with E-state index in [0.29, 0.717) is 81.1 Å². The second kappa shape index (κ2) is 15.5. The molecule has 0 unspecified atom stereocenters. The molecule has 4 heterocycles. The van der Waals surface area contributed by atoms with E-state index >= 15 is 0 Å². The van der Waals surface area contributed by atoms with Crippen LogP contribution in [0.5, 0.6) is 5.75 Å². The Bertz CT molecular complexity index is 1690. The normalized spacial score (nSPS) is 18.5. The first-order chi connectivity index (χ1) is 23.4. The van der Waals surface area contributed by atoms with E-state index in [-0.39, 0.29) is 37.4 Å². The molecule has 1 saturated heterocycles. The number of piperazine rings is 1. The van der Waals surface area contributed by atoms with Gasteiger partial charge in [0.15, 0.2) is 5.82 Å². The number of rotatable bonds is 4. The van der Waals surface area contributed by atoms with E-state index in [4.69, 9.17) is 14.8 Å². The molecule has 4 aromatic rings. The SMILES string of the molecule is C[C@@H]1NC(=O)CN(C(=O)CN2CCN(c3ncccn3)CC2)CCCNC(=O)c2cccc(c2)OCCn2nc(-c3ccccc3)nc21. The molecule has 14 nitrogen and oxygen atoms in total. The zero-order valence-corrected chi connectivity index (χ0v) is 27.0. The van der Waals surface area contributed by atoms with Crippen LogP contribution in [-0.4, -0.2) is 111 Å². The lowest BCUT2D eigenvalue weighted by atomic mass is 10.2. The minimum Gasteiger partial charge on any atom is -0.492 e. The molecule has 0 radical (unpaired) electrons. The minimum atomic E-state index is -0.491. The second-order valence-corrected chi connectivity index (χ2v) is 11.8. The second-order valence-electron chi connectivity index (χ2n) is 11.8. The molecule has 2 aromatic carbocycles. The van der Waals surface area contributed by atoms with Crippen molar-refractivity contribution in [2.45, 2.75) is 25.9 Å². The topological polar surface area (TPSA) is 151 Å². The van der Waals surface area contributed by atoms with Crippen LogP contribution in [0.4, 0.5) is 5.95 Å². The summed E-state index contributed by atoms with van der Waals surface area (Å²) in [5.41, 5.74) is 1.32. The molecule has 2 bridgehead atoms. The summed E-state index contributed by atoms with van der Waals surface area (Å²) in [6.07, 6.45) is 3.92. The smallest absolute Gasteiger partial charge is 0.251 e. The van der Waals surface area contributed by atoms with Gasteiger partial charge in [-0.05, 0) is 37.6 Å². The van der Waals surface area contributed by atoms with Crippen molar-refractivity contribution in [1.29, 1.82) is 0 Å². The van der Waals surface area contributed by atoms with Gasteiger partial charge in [-0.1, -0.05) is 36.4 Å². The van der Waals surface area contributed by atoms with Crippen LogP contribution in [-0.2, 0) is 16.1 Å². The van der Waals surface area contributed by atoms with Gasteiger partial charge in [0.2, 0.25) is 17.8 Å². The summed E-state index contributed by atoms with van der Waals surface area (Å²) in [6.45, 7) is 5.90. The molecule has 2 aromatic heterocycles. The molecular formula is C34H40N10O4. The van der Waals surface area contributed by atoms with Crippen molar-refractivity contribution in [3.8, 4) is 17.1 Å². The summed E-state index contributed by atoms with van der Waals surface area (Å²) in [5.74, 6) is 1.64. The molecule has 1 atom stereocenters. The molecule has 2 aliphatic heterocycles. The van der Waals surface area contributed by atoms with E-state index in [9.17, 15) is 14.4 Å². The fourth-order valence-corrected chi connectivity index (χ4v) is 5.77. The average Bonchev–Trinajstić information content (AvgIpc) is 3.55. The van der Waals surface area contributed by atoms with Gasteiger partial charge in [-0.25, -0.2) is 19.6 Å². The number of benzene rings is 2. The van der Waals surface area contributed by atoms with E-state index < -0.39 is 6.04 Å². The summed E-state index contributed by atoms with van der Waals surface area (Å²) >= 11 is 0. The number of nitrogens with zero attached hydrogens (tertiary/aromatic N) is 8. The summed E-state index contributed by atoms with van der Waals surface area (Å²) < 4.78 is 7.72. The van der Waals surface area contributed by atoms with Crippen molar-refractivity contribution < 1.29 is 19.1 Å². The number of anilines is 1. The van der Waals surface area contributed by atoms with E-state index in [1.54, 1.807) is 52.3 Å². The molecule has 0 spiro atoms. The summed E-state index contributed by atoms with van der Waals surface area (Å²) in [7, 11) is 0. The molecule has 0 aliphatic carbocycles. The zero-order chi connectivity index (χ0) is 33.3. The van der Waals surface area contributed by atoms with Gasteiger partial charge in [0.1, 0.15) is 18.2 Å². The van der Waals surface area contributed by atoms with Gasteiger partial charge in [-0.3, -0.25) is 19.3 Å². The Morgan fingerprint density at radius 2 is 1.69 bits per heavy atom. The number of ether oxygens (including phenoxy) is 1. The first kappa shape index (κ1) is 32.6. The van der Waals surface area contributed by atoms with E-state index in [2.05, 4.69) is 30.4 Å². The lowest BCUT2D eigenvalue weighted by Crippen LogP contribution is -2.52. The Morgan fingerprint density at radius 1 is 0.917 bits per heavy atom. The summed E-state index contributed by atoms with van der Waals surface area (Å²) in [6, 6.07) is 17.9. The van der Waals surface area contributed by atoms with Crippen molar-refractivity contribution in [3.05, 3.63) is 84.4 Å². The highest BCUT2D eigenvalue weighted by Gasteiger charge is 2.26. The predicted molar refractivity (Wildman–Crippen MR) is 178 cm³/mol. The first-order valence-electron chi connectivity index (χ1n) is 16.3. The van der Waals surface area contributed by atoms with Crippen molar-refractivity contribution in [2.75, 3.05) is 63.9 Å². The van der Waals surface area contributed by atoms with Crippen LogP contribution in [0.3, 0.4) is 0 Å². The van der Waals surface area contributed by atoms with Gasteiger partial charge >= 0.3 is 0 Å². The monoisotopic (exact) mass is 652 g/mol. The highest BCUT2D eigenvalue weighted by Crippen LogP contribution is 2.20. The maximum absolute atomic E-state index is 13.6. The Morgan fingerprint density at radius 3 is 2.48 bits per heavy atom. The molecular weight excluding hydrogens is 612 g/mol. The third kappa shape index (κ3) is 8.31. The molecule has 1 fully saturated rings. The van der Waals surface area contributed by atoms with Crippen molar-refractivity contribution in [3.63, 3.8) is 0 Å². The standard InChI is InChI=1S/C34H40N10O4/c1-25-32-39-31(26-8-3-2-4-9-26)40-44(32)20-21-48-28-11-5-10-27(22-28)33(47)35-14-7-15-43(23-29(45)38-25)30(46)24-41-16-18-42(19-17-41)34-36-12-6-13-37-34/h2-6,8-13,22,25H,7,14-21,23-24H2,1H3,(H,35,47)(H,38,45)/t25-/m0/s1. The largest absolute Gasteiger partial charge is 0.492 e. The van der Waals surface area contributed by atoms with Gasteiger partial charge in [-0.2, -0.15) is 5.10 Å². The molecule has 2 N–H and O–H groups in total. The van der Waals surface area contributed by atoms with Crippen LogP contribution in [0, 0.1) is 0 Å². The van der Waals surface area contributed by atoms with Crippen molar-refractivity contribution in [1.82, 2.24) is 45.2 Å². The third-order valence-corrected chi connectivity index (χ3v) is 8.31.